The van der Waals surface area contributed by atoms with Crippen LogP contribution in [0.15, 0.2) is 12.7 Å². The van der Waals surface area contributed by atoms with E-state index in [0.717, 1.165) is 6.08 Å². The van der Waals surface area contributed by atoms with E-state index >= 15 is 0 Å². The Balaban J connectivity index is 3.30. The largest absolute Gasteiger partial charge is 0.461 e. The SMILES string of the molecule is C=CC(=O)OCCNC(=O)OCO. The number of aliphatic hydroxyl groups is 1. The van der Waals surface area contributed by atoms with Crippen molar-refractivity contribution < 1.29 is 24.2 Å². The molecule has 0 heterocycles. The number of esters is 1. The van der Waals surface area contributed by atoms with Gasteiger partial charge in [0.15, 0.2) is 6.79 Å². The molecule has 6 nitrogen and oxygen atoms in total. The molecule has 2 N–H and O–H groups in total. The number of rotatable bonds is 5. The zero-order valence-electron chi connectivity index (χ0n) is 6.99. The van der Waals surface area contributed by atoms with Crippen LogP contribution >= 0.6 is 0 Å². The molecule has 0 spiro atoms. The summed E-state index contributed by atoms with van der Waals surface area (Å²) in [5.41, 5.74) is 0. The summed E-state index contributed by atoms with van der Waals surface area (Å²) < 4.78 is 8.65. The Morgan fingerprint density at radius 1 is 1.46 bits per heavy atom. The average molecular weight is 189 g/mol. The first-order valence-corrected chi connectivity index (χ1v) is 3.51. The van der Waals surface area contributed by atoms with Crippen molar-refractivity contribution in [1.82, 2.24) is 5.32 Å². The summed E-state index contributed by atoms with van der Waals surface area (Å²) in [5.74, 6) is -0.558. The maximum atomic E-state index is 10.5. The Bertz CT molecular complexity index is 191. The first-order valence-electron chi connectivity index (χ1n) is 3.51. The Hall–Kier alpha value is -1.56. The van der Waals surface area contributed by atoms with Crippen molar-refractivity contribution in [2.45, 2.75) is 0 Å². The van der Waals surface area contributed by atoms with Crippen LogP contribution < -0.4 is 5.32 Å². The number of hydrogen-bond donors (Lipinski definition) is 2. The molecule has 0 saturated carbocycles. The van der Waals surface area contributed by atoms with Crippen LogP contribution in [0.1, 0.15) is 0 Å². The molecule has 0 aliphatic heterocycles. The summed E-state index contributed by atoms with van der Waals surface area (Å²) in [6.07, 6.45) is 0.253. The second-order valence-electron chi connectivity index (χ2n) is 1.86. The summed E-state index contributed by atoms with van der Waals surface area (Å²) in [6, 6.07) is 0. The number of hydrogen-bond acceptors (Lipinski definition) is 5. The summed E-state index contributed by atoms with van der Waals surface area (Å²) in [4.78, 5) is 21.0. The maximum Gasteiger partial charge on any atom is 0.409 e. The summed E-state index contributed by atoms with van der Waals surface area (Å²) in [7, 11) is 0. The van der Waals surface area contributed by atoms with Crippen LogP contribution in [0.25, 0.3) is 0 Å². The maximum absolute atomic E-state index is 10.5. The van der Waals surface area contributed by atoms with Crippen LogP contribution in [0.4, 0.5) is 4.79 Å². The van der Waals surface area contributed by atoms with Gasteiger partial charge >= 0.3 is 12.1 Å². The smallest absolute Gasteiger partial charge is 0.409 e. The number of nitrogens with one attached hydrogen (secondary N) is 1. The number of aliphatic hydroxyl groups excluding tert-OH is 1. The van der Waals surface area contributed by atoms with Crippen LogP contribution in [0.5, 0.6) is 0 Å². The van der Waals surface area contributed by atoms with Gasteiger partial charge in [0.25, 0.3) is 0 Å². The second kappa shape index (κ2) is 7.11. The molecule has 0 rings (SSSR count). The highest BCUT2D eigenvalue weighted by Gasteiger charge is 1.99. The third kappa shape index (κ3) is 6.82. The van der Waals surface area contributed by atoms with E-state index in [1.54, 1.807) is 0 Å². The Labute approximate surface area is 75.1 Å². The number of amides is 1. The molecule has 0 unspecified atom stereocenters. The average Bonchev–Trinajstić information content (AvgIpc) is 2.12. The van der Waals surface area contributed by atoms with Gasteiger partial charge in [-0.3, -0.25) is 0 Å². The molecule has 13 heavy (non-hydrogen) atoms. The molecule has 0 radical (unpaired) electrons. The summed E-state index contributed by atoms with van der Waals surface area (Å²) >= 11 is 0. The van der Waals surface area contributed by atoms with Gasteiger partial charge in [-0.2, -0.15) is 0 Å². The standard InChI is InChI=1S/C7H11NO5/c1-2-6(10)12-4-3-8-7(11)13-5-9/h2,9H,1,3-5H2,(H,8,11). The van der Waals surface area contributed by atoms with Crippen LogP contribution in [0.2, 0.25) is 0 Å². The van der Waals surface area contributed by atoms with Gasteiger partial charge in [0, 0.05) is 6.08 Å². The third-order valence-corrected chi connectivity index (χ3v) is 0.978. The van der Waals surface area contributed by atoms with E-state index in [2.05, 4.69) is 21.4 Å². The molecule has 0 aliphatic rings. The lowest BCUT2D eigenvalue weighted by atomic mass is 10.6. The molecule has 0 bridgehead atoms. The third-order valence-electron chi connectivity index (χ3n) is 0.978. The van der Waals surface area contributed by atoms with Crippen molar-refractivity contribution in [3.05, 3.63) is 12.7 Å². The molecule has 0 atom stereocenters. The fraction of sp³-hybridized carbons (Fsp3) is 0.429. The summed E-state index contributed by atoms with van der Waals surface area (Å²) in [6.45, 7) is 2.66. The van der Waals surface area contributed by atoms with Gasteiger partial charge in [0.1, 0.15) is 6.61 Å². The van der Waals surface area contributed by atoms with E-state index in [1.807, 2.05) is 0 Å². The molecule has 0 aromatic heterocycles. The normalized spacial score (nSPS) is 8.69. The number of alkyl carbamates (subject to hydrolysis) is 1. The van der Waals surface area contributed by atoms with Gasteiger partial charge in [-0.25, -0.2) is 9.59 Å². The summed E-state index contributed by atoms with van der Waals surface area (Å²) in [5, 5.41) is 10.4. The van der Waals surface area contributed by atoms with Gasteiger partial charge in [-0.05, 0) is 0 Å². The fourth-order valence-electron chi connectivity index (χ4n) is 0.473. The van der Waals surface area contributed by atoms with Gasteiger partial charge in [-0.15, -0.1) is 0 Å². The molecular formula is C7H11NO5. The van der Waals surface area contributed by atoms with Gasteiger partial charge in [0.05, 0.1) is 6.54 Å². The van der Waals surface area contributed by atoms with E-state index in [4.69, 9.17) is 5.11 Å². The number of carbonyl (C=O) groups excluding carboxylic acids is 2. The lowest BCUT2D eigenvalue weighted by molar-refractivity contribution is -0.137. The molecular weight excluding hydrogens is 178 g/mol. The Kier molecular flexibility index (Phi) is 6.26. The first kappa shape index (κ1) is 11.4. The topological polar surface area (TPSA) is 84.9 Å². The second-order valence-corrected chi connectivity index (χ2v) is 1.86. The molecule has 0 aromatic rings. The molecule has 0 fully saturated rings. The van der Waals surface area contributed by atoms with Crippen molar-refractivity contribution in [1.29, 1.82) is 0 Å². The number of carbonyl (C=O) groups is 2. The first-order chi connectivity index (χ1) is 6.20. The Morgan fingerprint density at radius 3 is 2.69 bits per heavy atom. The molecule has 1 amide bonds. The zero-order valence-corrected chi connectivity index (χ0v) is 6.99. The lowest BCUT2D eigenvalue weighted by Gasteiger charge is -2.04. The highest BCUT2D eigenvalue weighted by Crippen LogP contribution is 1.78. The van der Waals surface area contributed by atoms with Crippen molar-refractivity contribution in [3.63, 3.8) is 0 Å². The molecule has 6 heteroatoms. The predicted octanol–water partition coefficient (Wildman–Crippen LogP) is -0.608. The van der Waals surface area contributed by atoms with E-state index in [1.165, 1.54) is 0 Å². The van der Waals surface area contributed by atoms with Crippen molar-refractivity contribution in [2.75, 3.05) is 19.9 Å². The van der Waals surface area contributed by atoms with Gasteiger partial charge < -0.3 is 19.9 Å². The van der Waals surface area contributed by atoms with Crippen LogP contribution in [0.3, 0.4) is 0 Å². The van der Waals surface area contributed by atoms with Gasteiger partial charge in [-0.1, -0.05) is 6.58 Å². The van der Waals surface area contributed by atoms with E-state index in [0.29, 0.717) is 0 Å². The van der Waals surface area contributed by atoms with Gasteiger partial charge in [0.2, 0.25) is 0 Å². The highest BCUT2D eigenvalue weighted by atomic mass is 16.6. The van der Waals surface area contributed by atoms with Crippen molar-refractivity contribution in [3.8, 4) is 0 Å². The minimum Gasteiger partial charge on any atom is -0.461 e. The molecule has 74 valence electrons. The van der Waals surface area contributed by atoms with Crippen LogP contribution in [-0.2, 0) is 14.3 Å². The van der Waals surface area contributed by atoms with E-state index in [9.17, 15) is 9.59 Å². The Morgan fingerprint density at radius 2 is 2.15 bits per heavy atom. The van der Waals surface area contributed by atoms with E-state index < -0.39 is 18.9 Å². The van der Waals surface area contributed by atoms with Crippen molar-refractivity contribution in [2.24, 2.45) is 0 Å². The highest BCUT2D eigenvalue weighted by molar-refractivity contribution is 5.81. The zero-order chi connectivity index (χ0) is 10.1. The molecule has 0 saturated heterocycles. The molecule has 0 aromatic carbocycles. The minimum absolute atomic E-state index is 0.0331. The van der Waals surface area contributed by atoms with Crippen LogP contribution in [-0.4, -0.2) is 37.1 Å². The quantitative estimate of drug-likeness (QED) is 0.261. The number of ether oxygens (including phenoxy) is 2. The minimum atomic E-state index is -0.767. The predicted molar refractivity (Wildman–Crippen MR) is 42.7 cm³/mol. The van der Waals surface area contributed by atoms with Crippen molar-refractivity contribution >= 4 is 12.1 Å². The monoisotopic (exact) mass is 189 g/mol. The van der Waals surface area contributed by atoms with E-state index in [-0.39, 0.29) is 13.2 Å². The lowest BCUT2D eigenvalue weighted by Crippen LogP contribution is -2.28. The van der Waals surface area contributed by atoms with Crippen LogP contribution in [0, 0.1) is 0 Å². The fourth-order valence-corrected chi connectivity index (χ4v) is 0.473. The molecule has 0 aliphatic carbocycles.